The van der Waals surface area contributed by atoms with Gasteiger partial charge in [0, 0.05) is 6.92 Å². The van der Waals surface area contributed by atoms with Gasteiger partial charge in [0.25, 0.3) is 5.97 Å². The number of aliphatic carboxylic acids is 1. The molecule has 0 heterocycles. The van der Waals surface area contributed by atoms with Gasteiger partial charge in [0.1, 0.15) is 0 Å². The first kappa shape index (κ1) is 14.7. The number of benzene rings is 3. The maximum atomic E-state index is 9.00. The van der Waals surface area contributed by atoms with E-state index in [-0.39, 0.29) is 6.15 Å². The standard InChI is InChI=1S/C14H10.C2H4O2.H3N/c1-3-7-13-11(5-1)9-10-12-6-2-4-8-14(12)13;1-2(3)4;/h1-10H;1H3,(H,3,4);1H3. The molecular formula is C16H17NO2. The van der Waals surface area contributed by atoms with E-state index in [4.69, 9.17) is 9.90 Å². The van der Waals surface area contributed by atoms with Crippen LogP contribution >= 0.6 is 0 Å². The van der Waals surface area contributed by atoms with Crippen molar-refractivity contribution in [1.82, 2.24) is 6.15 Å². The minimum atomic E-state index is -0.833. The Morgan fingerprint density at radius 1 is 0.789 bits per heavy atom. The van der Waals surface area contributed by atoms with E-state index in [9.17, 15) is 0 Å². The molecule has 19 heavy (non-hydrogen) atoms. The largest absolute Gasteiger partial charge is 0.481 e. The van der Waals surface area contributed by atoms with Gasteiger partial charge in [-0.3, -0.25) is 4.79 Å². The topological polar surface area (TPSA) is 72.3 Å². The van der Waals surface area contributed by atoms with Crippen molar-refractivity contribution in [3.05, 3.63) is 60.7 Å². The molecule has 3 aromatic carbocycles. The Labute approximate surface area is 112 Å². The second-order valence-corrected chi connectivity index (χ2v) is 4.03. The zero-order valence-electron chi connectivity index (χ0n) is 10.8. The number of carboxylic acids is 1. The van der Waals surface area contributed by atoms with Gasteiger partial charge in [-0.1, -0.05) is 60.7 Å². The fraction of sp³-hybridized carbons (Fsp3) is 0.0625. The molecule has 0 atom stereocenters. The number of hydrogen-bond donors (Lipinski definition) is 2. The fourth-order valence-electron chi connectivity index (χ4n) is 1.95. The lowest BCUT2D eigenvalue weighted by atomic mass is 10.0. The SMILES string of the molecule is CC(=O)O.N.c1ccc2c(c1)ccc1ccccc12. The van der Waals surface area contributed by atoms with E-state index in [1.807, 2.05) is 0 Å². The summed E-state index contributed by atoms with van der Waals surface area (Å²) in [6, 6.07) is 21.4. The molecule has 0 bridgehead atoms. The highest BCUT2D eigenvalue weighted by molar-refractivity contribution is 6.07. The number of fused-ring (bicyclic) bond motifs is 3. The van der Waals surface area contributed by atoms with Gasteiger partial charge < -0.3 is 11.3 Å². The Bertz CT molecular complexity index is 633. The predicted octanol–water partition coefficient (Wildman–Crippen LogP) is 4.25. The second kappa shape index (κ2) is 6.52. The van der Waals surface area contributed by atoms with Crippen molar-refractivity contribution in [2.24, 2.45) is 0 Å². The molecule has 0 unspecified atom stereocenters. The molecule has 0 radical (unpaired) electrons. The Morgan fingerprint density at radius 2 is 1.11 bits per heavy atom. The summed E-state index contributed by atoms with van der Waals surface area (Å²) in [5, 5.41) is 12.7. The second-order valence-electron chi connectivity index (χ2n) is 4.03. The first-order valence-electron chi connectivity index (χ1n) is 5.74. The zero-order valence-corrected chi connectivity index (χ0v) is 10.8. The van der Waals surface area contributed by atoms with Crippen LogP contribution in [0.4, 0.5) is 0 Å². The van der Waals surface area contributed by atoms with Crippen molar-refractivity contribution >= 4 is 27.5 Å². The number of rotatable bonds is 0. The zero-order chi connectivity index (χ0) is 13.0. The summed E-state index contributed by atoms with van der Waals surface area (Å²) >= 11 is 0. The summed E-state index contributed by atoms with van der Waals surface area (Å²) in [4.78, 5) is 9.00. The molecule has 0 saturated heterocycles. The highest BCUT2D eigenvalue weighted by Gasteiger charge is 1.97. The summed E-state index contributed by atoms with van der Waals surface area (Å²) in [7, 11) is 0. The summed E-state index contributed by atoms with van der Waals surface area (Å²) in [5.41, 5.74) is 0. The lowest BCUT2D eigenvalue weighted by Crippen LogP contribution is -1.78. The summed E-state index contributed by atoms with van der Waals surface area (Å²) in [6.45, 7) is 1.08. The summed E-state index contributed by atoms with van der Waals surface area (Å²) in [5.74, 6) is -0.833. The predicted molar refractivity (Wildman–Crippen MR) is 79.8 cm³/mol. The van der Waals surface area contributed by atoms with Crippen molar-refractivity contribution in [3.8, 4) is 0 Å². The fourth-order valence-corrected chi connectivity index (χ4v) is 1.95. The first-order chi connectivity index (χ1) is 8.68. The minimum absolute atomic E-state index is 0. The number of carbonyl (C=O) groups is 1. The Balaban J connectivity index is 0.000000323. The molecule has 0 fully saturated rings. The molecule has 0 spiro atoms. The van der Waals surface area contributed by atoms with Gasteiger partial charge in [-0.05, 0) is 21.5 Å². The van der Waals surface area contributed by atoms with Crippen molar-refractivity contribution < 1.29 is 9.90 Å². The summed E-state index contributed by atoms with van der Waals surface area (Å²) < 4.78 is 0. The minimum Gasteiger partial charge on any atom is -0.481 e. The van der Waals surface area contributed by atoms with E-state index in [2.05, 4.69) is 60.7 Å². The molecule has 98 valence electrons. The van der Waals surface area contributed by atoms with Crippen molar-refractivity contribution in [2.45, 2.75) is 6.92 Å². The molecule has 0 saturated carbocycles. The van der Waals surface area contributed by atoms with Crippen molar-refractivity contribution in [2.75, 3.05) is 0 Å². The van der Waals surface area contributed by atoms with Gasteiger partial charge in [-0.25, -0.2) is 0 Å². The third-order valence-electron chi connectivity index (χ3n) is 2.65. The number of carboxylic acid groups (broad SMARTS) is 1. The highest BCUT2D eigenvalue weighted by Crippen LogP contribution is 2.24. The van der Waals surface area contributed by atoms with Crippen LogP contribution in [0, 0.1) is 0 Å². The maximum Gasteiger partial charge on any atom is 0.300 e. The van der Waals surface area contributed by atoms with Crippen LogP contribution in [-0.4, -0.2) is 11.1 Å². The normalized spacial score (nSPS) is 9.32. The van der Waals surface area contributed by atoms with Gasteiger partial charge in [-0.15, -0.1) is 0 Å². The van der Waals surface area contributed by atoms with Gasteiger partial charge >= 0.3 is 0 Å². The van der Waals surface area contributed by atoms with Gasteiger partial charge in [0.2, 0.25) is 0 Å². The van der Waals surface area contributed by atoms with Crippen LogP contribution in [-0.2, 0) is 4.79 Å². The highest BCUT2D eigenvalue weighted by atomic mass is 16.4. The molecule has 0 aliphatic carbocycles. The van der Waals surface area contributed by atoms with E-state index in [1.165, 1.54) is 21.5 Å². The third-order valence-corrected chi connectivity index (χ3v) is 2.65. The molecule has 3 nitrogen and oxygen atoms in total. The Hall–Kier alpha value is -2.39. The van der Waals surface area contributed by atoms with Crippen molar-refractivity contribution in [1.29, 1.82) is 0 Å². The average Bonchev–Trinajstić information content (AvgIpc) is 2.38. The van der Waals surface area contributed by atoms with Crippen LogP contribution in [0.25, 0.3) is 21.5 Å². The lowest BCUT2D eigenvalue weighted by molar-refractivity contribution is -0.134. The molecular weight excluding hydrogens is 238 g/mol. The van der Waals surface area contributed by atoms with Crippen LogP contribution in [0.5, 0.6) is 0 Å². The molecule has 3 heteroatoms. The van der Waals surface area contributed by atoms with Crippen LogP contribution in [0.2, 0.25) is 0 Å². The maximum absolute atomic E-state index is 9.00. The first-order valence-corrected chi connectivity index (χ1v) is 5.74. The lowest BCUT2D eigenvalue weighted by Gasteiger charge is -2.02. The smallest absolute Gasteiger partial charge is 0.300 e. The van der Waals surface area contributed by atoms with Gasteiger partial charge in [0.15, 0.2) is 0 Å². The van der Waals surface area contributed by atoms with Crippen LogP contribution in [0.3, 0.4) is 0 Å². The molecule has 4 N–H and O–H groups in total. The third kappa shape index (κ3) is 3.53. The van der Waals surface area contributed by atoms with E-state index in [0.717, 1.165) is 6.92 Å². The molecule has 3 rings (SSSR count). The molecule has 0 aromatic heterocycles. The Morgan fingerprint density at radius 3 is 1.47 bits per heavy atom. The van der Waals surface area contributed by atoms with Crippen LogP contribution in [0.1, 0.15) is 6.92 Å². The van der Waals surface area contributed by atoms with Crippen LogP contribution in [0.15, 0.2) is 60.7 Å². The van der Waals surface area contributed by atoms with Crippen LogP contribution < -0.4 is 6.15 Å². The Kier molecular flexibility index (Phi) is 5.03. The van der Waals surface area contributed by atoms with E-state index >= 15 is 0 Å². The molecule has 0 aliphatic rings. The van der Waals surface area contributed by atoms with Crippen molar-refractivity contribution in [3.63, 3.8) is 0 Å². The van der Waals surface area contributed by atoms with Gasteiger partial charge in [0.05, 0.1) is 0 Å². The molecule has 0 aliphatic heterocycles. The van der Waals surface area contributed by atoms with Gasteiger partial charge in [-0.2, -0.15) is 0 Å². The molecule has 3 aromatic rings. The molecule has 0 amide bonds. The monoisotopic (exact) mass is 255 g/mol. The quantitative estimate of drug-likeness (QED) is 0.590. The van der Waals surface area contributed by atoms with E-state index < -0.39 is 5.97 Å². The summed E-state index contributed by atoms with van der Waals surface area (Å²) in [6.07, 6.45) is 0. The number of hydrogen-bond acceptors (Lipinski definition) is 2. The average molecular weight is 255 g/mol. The van der Waals surface area contributed by atoms with E-state index in [1.54, 1.807) is 0 Å². The van der Waals surface area contributed by atoms with E-state index in [0.29, 0.717) is 0 Å².